The van der Waals surface area contributed by atoms with Gasteiger partial charge in [-0.2, -0.15) is 10.5 Å². The summed E-state index contributed by atoms with van der Waals surface area (Å²) < 4.78 is 9.59. The largest absolute Gasteiger partial charge is 0.307 e. The highest BCUT2D eigenvalue weighted by Crippen LogP contribution is 2.52. The second-order valence-electron chi connectivity index (χ2n) is 28.8. The molecular weight excluding hydrogens is 1350 g/mol. The van der Waals surface area contributed by atoms with Crippen molar-refractivity contribution >= 4 is 87.2 Å². The molecule has 0 aliphatic heterocycles. The molecule has 21 aromatic rings. The van der Waals surface area contributed by atoms with Crippen molar-refractivity contribution in [2.45, 2.75) is 6.42 Å². The van der Waals surface area contributed by atoms with Crippen LogP contribution >= 0.6 is 0 Å². The first kappa shape index (κ1) is 64.3. The molecule has 0 aliphatic carbocycles. The van der Waals surface area contributed by atoms with Gasteiger partial charge < -0.3 is 18.3 Å². The first-order chi connectivity index (χ1) is 55.0. The zero-order valence-electron chi connectivity index (χ0n) is 60.3. The highest BCUT2D eigenvalue weighted by atomic mass is 15.1. The highest BCUT2D eigenvalue weighted by Gasteiger charge is 2.35. The van der Waals surface area contributed by atoms with Crippen molar-refractivity contribution < 1.29 is 0 Å². The Morgan fingerprint density at radius 2 is 0.342 bits per heavy atom. The van der Waals surface area contributed by atoms with Crippen LogP contribution in [0.15, 0.2) is 388 Å². The molecule has 6 heteroatoms. The van der Waals surface area contributed by atoms with Crippen LogP contribution in [0.4, 0.5) is 0 Å². The van der Waals surface area contributed by atoms with E-state index in [9.17, 15) is 10.5 Å². The van der Waals surface area contributed by atoms with Gasteiger partial charge in [0.05, 0.1) is 79.4 Å². The molecule has 0 aliphatic rings. The van der Waals surface area contributed by atoms with E-state index in [0.717, 1.165) is 182 Å². The number of rotatable bonds is 13. The zero-order chi connectivity index (χ0) is 73.6. The molecule has 0 spiro atoms. The van der Waals surface area contributed by atoms with Crippen LogP contribution in [-0.2, 0) is 6.42 Å². The molecule has 0 unspecified atom stereocenters. The molecule has 516 valence electrons. The fourth-order valence-electron chi connectivity index (χ4n) is 17.6. The van der Waals surface area contributed by atoms with E-state index in [1.54, 1.807) is 0 Å². The van der Waals surface area contributed by atoms with Crippen LogP contribution in [0.2, 0.25) is 0 Å². The second kappa shape index (κ2) is 26.4. The second-order valence-corrected chi connectivity index (χ2v) is 28.8. The Kier molecular flexibility index (Phi) is 15.3. The van der Waals surface area contributed by atoms with E-state index in [4.69, 9.17) is 0 Å². The summed E-state index contributed by atoms with van der Waals surface area (Å²) in [4.78, 5) is 0. The summed E-state index contributed by atoms with van der Waals surface area (Å²) in [5.74, 6) is 0. The van der Waals surface area contributed by atoms with Gasteiger partial charge in [0, 0.05) is 48.7 Å². The van der Waals surface area contributed by atoms with Gasteiger partial charge in [-0.05, 0) is 186 Å². The van der Waals surface area contributed by atoms with Crippen molar-refractivity contribution in [3.8, 4) is 124 Å². The summed E-state index contributed by atoms with van der Waals surface area (Å²) >= 11 is 0. The van der Waals surface area contributed by atoms with Crippen molar-refractivity contribution in [1.29, 1.82) is 10.5 Å². The van der Waals surface area contributed by atoms with Crippen LogP contribution in [0.5, 0.6) is 0 Å². The lowest BCUT2D eigenvalue weighted by molar-refractivity contribution is 0.995. The van der Waals surface area contributed by atoms with Crippen molar-refractivity contribution in [3.05, 3.63) is 399 Å². The summed E-state index contributed by atoms with van der Waals surface area (Å²) in [6.45, 7) is 0. The predicted molar refractivity (Wildman–Crippen MR) is 461 cm³/mol. The number of aromatic nitrogens is 4. The molecular formula is C105H66N6. The molecule has 6 nitrogen and oxygen atoms in total. The van der Waals surface area contributed by atoms with E-state index < -0.39 is 0 Å². The Labute approximate surface area is 641 Å². The minimum absolute atomic E-state index is 0.0893. The van der Waals surface area contributed by atoms with Gasteiger partial charge in [-0.25, -0.2) is 0 Å². The number of hydrogen-bond acceptors (Lipinski definition) is 2. The lowest BCUT2D eigenvalue weighted by Crippen LogP contribution is -2.17. The summed E-state index contributed by atoms with van der Waals surface area (Å²) in [6.07, 6.45) is -0.0893. The van der Waals surface area contributed by atoms with E-state index in [1.165, 1.54) is 0 Å². The molecule has 0 bridgehead atoms. The lowest BCUT2D eigenvalue weighted by atomic mass is 9.96. The van der Waals surface area contributed by atoms with Crippen LogP contribution in [-0.4, -0.2) is 18.3 Å². The SMILES string of the molecule is N#CCc1c(-n2c3ccc(-c4ccccc4)cc3c3cc(-c4ccccc4)ccc32)c(-n2c3ccc(-c4ccccc4)cc3c3cc(-c4ccccc4)ccc32)c(C#N)c(-n2c3ccc(-c4ccccc4)cc3c3cc(-c4ccccc4)ccc32)c1-n1c2ccc(-c3ccccc3)cc2c2cc(-c3ccccc3)ccc21. The van der Waals surface area contributed by atoms with Gasteiger partial charge in [-0.15, -0.1) is 0 Å². The predicted octanol–water partition coefficient (Wildman–Crippen LogP) is 27.3. The Hall–Kier alpha value is -15.1. The minimum Gasteiger partial charge on any atom is -0.307 e. The molecule has 0 amide bonds. The normalized spacial score (nSPS) is 11.6. The summed E-state index contributed by atoms with van der Waals surface area (Å²) in [5, 5.41) is 34.4. The van der Waals surface area contributed by atoms with E-state index in [-0.39, 0.29) is 6.42 Å². The third kappa shape index (κ3) is 10.6. The monoisotopic (exact) mass is 1410 g/mol. The van der Waals surface area contributed by atoms with Gasteiger partial charge in [0.1, 0.15) is 11.6 Å². The molecule has 0 atom stereocenters. The van der Waals surface area contributed by atoms with E-state index >= 15 is 0 Å². The third-order valence-corrected chi connectivity index (χ3v) is 22.7. The first-order valence-corrected chi connectivity index (χ1v) is 37.8. The fourth-order valence-corrected chi connectivity index (χ4v) is 17.6. The molecule has 111 heavy (non-hydrogen) atoms. The maximum Gasteiger partial charge on any atom is 0.104 e. The Balaban J connectivity index is 1.01. The minimum atomic E-state index is -0.0893. The van der Waals surface area contributed by atoms with Gasteiger partial charge in [-0.3, -0.25) is 0 Å². The number of nitrogens with zero attached hydrogens (tertiary/aromatic N) is 6. The number of fused-ring (bicyclic) bond motifs is 12. The van der Waals surface area contributed by atoms with Crippen molar-refractivity contribution in [2.24, 2.45) is 0 Å². The highest BCUT2D eigenvalue weighted by molar-refractivity contribution is 6.18. The quantitative estimate of drug-likeness (QED) is 0.115. The van der Waals surface area contributed by atoms with Gasteiger partial charge >= 0.3 is 0 Å². The summed E-state index contributed by atoms with van der Waals surface area (Å²) in [6, 6.07) is 146. The average Bonchev–Trinajstić information content (AvgIpc) is 1.57. The van der Waals surface area contributed by atoms with Gasteiger partial charge in [0.2, 0.25) is 0 Å². The van der Waals surface area contributed by atoms with Crippen molar-refractivity contribution in [3.63, 3.8) is 0 Å². The van der Waals surface area contributed by atoms with Crippen LogP contribution in [0.25, 0.3) is 199 Å². The summed E-state index contributed by atoms with van der Waals surface area (Å²) in [7, 11) is 0. The molecule has 0 N–H and O–H groups in total. The van der Waals surface area contributed by atoms with Gasteiger partial charge in [0.15, 0.2) is 0 Å². The smallest absolute Gasteiger partial charge is 0.104 e. The summed E-state index contributed by atoms with van der Waals surface area (Å²) in [5.41, 5.74) is 28.3. The molecule has 0 radical (unpaired) electrons. The maximum absolute atomic E-state index is 13.8. The molecule has 21 rings (SSSR count). The fraction of sp³-hybridized carbons (Fsp3) is 0.00952. The van der Waals surface area contributed by atoms with Gasteiger partial charge in [-0.1, -0.05) is 291 Å². The first-order valence-electron chi connectivity index (χ1n) is 37.8. The molecule has 0 saturated carbocycles. The number of nitriles is 2. The number of hydrogen-bond donors (Lipinski definition) is 0. The van der Waals surface area contributed by atoms with Crippen molar-refractivity contribution in [2.75, 3.05) is 0 Å². The van der Waals surface area contributed by atoms with Crippen LogP contribution in [0.3, 0.4) is 0 Å². The van der Waals surface area contributed by atoms with Crippen LogP contribution in [0.1, 0.15) is 11.1 Å². The average molecular weight is 1410 g/mol. The maximum atomic E-state index is 13.8. The van der Waals surface area contributed by atoms with Crippen LogP contribution < -0.4 is 0 Å². The Morgan fingerprint density at radius 3 is 0.495 bits per heavy atom. The Bertz CT molecular complexity index is 6550. The Morgan fingerprint density at radius 1 is 0.180 bits per heavy atom. The molecule has 17 aromatic carbocycles. The zero-order valence-corrected chi connectivity index (χ0v) is 60.3. The van der Waals surface area contributed by atoms with Gasteiger partial charge in [0.25, 0.3) is 0 Å². The van der Waals surface area contributed by atoms with E-state index in [2.05, 4.69) is 419 Å². The van der Waals surface area contributed by atoms with Crippen LogP contribution in [0, 0.1) is 22.7 Å². The topological polar surface area (TPSA) is 67.3 Å². The van der Waals surface area contributed by atoms with Crippen molar-refractivity contribution in [1.82, 2.24) is 18.3 Å². The molecule has 0 fully saturated rings. The lowest BCUT2D eigenvalue weighted by Gasteiger charge is -2.28. The standard InChI is InChI=1S/C105H66N6/c106-58-57-84-102(108-94-49-41-76(68-25-9-1-10-26-68)59-85(94)86-60-77(42-50-95(86)108)69-27-11-2-12-28-69)104(110-98-53-45-80(72-33-17-5-18-34-72)63-89(98)90-64-81(46-54-99(90)110)73-35-19-6-20-36-73)93(67-107)105(111-100-55-47-82(74-37-21-7-22-38-74)65-91(100)92-66-83(48-56-101(92)111)75-39-23-8-24-40-75)103(84)109-96-51-43-78(70-29-13-3-14-30-70)61-87(96)88-62-79(44-52-97(88)109)71-31-15-4-16-32-71/h1-56,59-66H,57H2. The molecule has 4 heterocycles. The molecule has 0 saturated heterocycles. The third-order valence-electron chi connectivity index (χ3n) is 22.7. The molecule has 4 aromatic heterocycles. The number of benzene rings is 17. The van der Waals surface area contributed by atoms with E-state index in [0.29, 0.717) is 28.3 Å². The van der Waals surface area contributed by atoms with E-state index in [1.807, 2.05) is 0 Å².